The standard InChI is InChI=1S/C15H23NOS2/c1-12(14-3-2-8-19-14)16-13-4-7-17-15(11-13)5-9-18-10-6-15/h2-3,8,12-13,16H,4-7,9-11H2,1H3/t12-,13?/m1/s1. The Balaban J connectivity index is 1.59. The van der Waals surface area contributed by atoms with Crippen LogP contribution in [0.3, 0.4) is 0 Å². The molecule has 2 fully saturated rings. The van der Waals surface area contributed by atoms with Gasteiger partial charge in [-0.3, -0.25) is 0 Å². The first-order chi connectivity index (χ1) is 9.27. The van der Waals surface area contributed by atoms with E-state index in [0.29, 0.717) is 12.1 Å². The Labute approximate surface area is 124 Å². The molecular weight excluding hydrogens is 274 g/mol. The molecule has 106 valence electrons. The van der Waals surface area contributed by atoms with Gasteiger partial charge in [0.2, 0.25) is 0 Å². The van der Waals surface area contributed by atoms with Gasteiger partial charge in [-0.15, -0.1) is 11.3 Å². The molecule has 2 aliphatic rings. The van der Waals surface area contributed by atoms with Crippen LogP contribution < -0.4 is 5.32 Å². The predicted octanol–water partition coefficient (Wildman–Crippen LogP) is 3.84. The van der Waals surface area contributed by atoms with E-state index in [9.17, 15) is 0 Å². The zero-order valence-corrected chi connectivity index (χ0v) is 13.2. The van der Waals surface area contributed by atoms with E-state index in [2.05, 4.69) is 41.5 Å². The highest BCUT2D eigenvalue weighted by atomic mass is 32.2. The molecule has 1 unspecified atom stereocenters. The average molecular weight is 297 g/mol. The Bertz CT molecular complexity index is 381. The van der Waals surface area contributed by atoms with Crippen LogP contribution in [0.25, 0.3) is 0 Å². The van der Waals surface area contributed by atoms with Gasteiger partial charge in [-0.05, 0) is 55.6 Å². The van der Waals surface area contributed by atoms with Crippen LogP contribution in [0, 0.1) is 0 Å². The van der Waals surface area contributed by atoms with Gasteiger partial charge in [0.1, 0.15) is 0 Å². The van der Waals surface area contributed by atoms with Crippen LogP contribution in [-0.2, 0) is 4.74 Å². The lowest BCUT2D eigenvalue weighted by Gasteiger charge is -2.44. The molecule has 0 saturated carbocycles. The van der Waals surface area contributed by atoms with Crippen LogP contribution in [0.5, 0.6) is 0 Å². The van der Waals surface area contributed by atoms with Crippen molar-refractivity contribution in [3.63, 3.8) is 0 Å². The monoisotopic (exact) mass is 297 g/mol. The van der Waals surface area contributed by atoms with E-state index in [1.54, 1.807) is 0 Å². The minimum Gasteiger partial charge on any atom is -0.375 e. The van der Waals surface area contributed by atoms with Gasteiger partial charge in [-0.25, -0.2) is 0 Å². The SMILES string of the molecule is C[C@@H](NC1CCOC2(CCSCC2)C1)c1cccs1. The number of ether oxygens (including phenoxy) is 1. The molecule has 2 nitrogen and oxygen atoms in total. The molecule has 1 aromatic rings. The molecule has 0 bridgehead atoms. The summed E-state index contributed by atoms with van der Waals surface area (Å²) in [5, 5.41) is 5.98. The minimum absolute atomic E-state index is 0.191. The van der Waals surface area contributed by atoms with Gasteiger partial charge in [0.25, 0.3) is 0 Å². The van der Waals surface area contributed by atoms with Crippen molar-refractivity contribution in [3.8, 4) is 0 Å². The van der Waals surface area contributed by atoms with Crippen LogP contribution in [0.15, 0.2) is 17.5 Å². The maximum absolute atomic E-state index is 6.16. The second-order valence-corrected chi connectivity index (χ2v) is 7.94. The molecule has 3 heterocycles. The van der Waals surface area contributed by atoms with Crippen molar-refractivity contribution in [1.82, 2.24) is 5.32 Å². The maximum atomic E-state index is 6.16. The lowest BCUT2D eigenvalue weighted by Crippen LogP contribution is -2.49. The summed E-state index contributed by atoms with van der Waals surface area (Å²) in [7, 11) is 0. The summed E-state index contributed by atoms with van der Waals surface area (Å²) >= 11 is 3.93. The van der Waals surface area contributed by atoms with E-state index >= 15 is 0 Å². The normalized spacial score (nSPS) is 28.4. The summed E-state index contributed by atoms with van der Waals surface area (Å²) in [5.41, 5.74) is 0.191. The summed E-state index contributed by atoms with van der Waals surface area (Å²) in [6.45, 7) is 3.21. The third-order valence-electron chi connectivity index (χ3n) is 4.35. The quantitative estimate of drug-likeness (QED) is 0.916. The molecule has 19 heavy (non-hydrogen) atoms. The lowest BCUT2D eigenvalue weighted by atomic mass is 9.85. The molecule has 2 saturated heterocycles. The Morgan fingerprint density at radius 1 is 1.42 bits per heavy atom. The molecule has 1 N–H and O–H groups in total. The van der Waals surface area contributed by atoms with E-state index in [1.807, 2.05) is 11.3 Å². The molecule has 1 spiro atoms. The zero-order valence-electron chi connectivity index (χ0n) is 11.6. The van der Waals surface area contributed by atoms with Crippen LogP contribution in [0.4, 0.5) is 0 Å². The average Bonchev–Trinajstić information content (AvgIpc) is 2.93. The molecular formula is C15H23NOS2. The van der Waals surface area contributed by atoms with Crippen molar-refractivity contribution >= 4 is 23.1 Å². The van der Waals surface area contributed by atoms with Gasteiger partial charge in [0.05, 0.1) is 5.60 Å². The number of thioether (sulfide) groups is 1. The van der Waals surface area contributed by atoms with E-state index < -0.39 is 0 Å². The largest absolute Gasteiger partial charge is 0.375 e. The van der Waals surface area contributed by atoms with E-state index in [0.717, 1.165) is 13.0 Å². The van der Waals surface area contributed by atoms with Crippen LogP contribution in [0.1, 0.15) is 43.5 Å². The van der Waals surface area contributed by atoms with Gasteiger partial charge >= 0.3 is 0 Å². The molecule has 1 aromatic heterocycles. The summed E-state index contributed by atoms with van der Waals surface area (Å²) in [4.78, 5) is 1.44. The second-order valence-electron chi connectivity index (χ2n) is 5.74. The molecule has 0 radical (unpaired) electrons. The van der Waals surface area contributed by atoms with Crippen molar-refractivity contribution in [3.05, 3.63) is 22.4 Å². The smallest absolute Gasteiger partial charge is 0.0713 e. The highest BCUT2D eigenvalue weighted by molar-refractivity contribution is 7.99. The number of hydrogen-bond donors (Lipinski definition) is 1. The van der Waals surface area contributed by atoms with Gasteiger partial charge in [-0.2, -0.15) is 11.8 Å². The third kappa shape index (κ3) is 3.35. The fourth-order valence-corrected chi connectivity index (χ4v) is 5.22. The molecule has 0 aromatic carbocycles. The number of thiophene rings is 1. The van der Waals surface area contributed by atoms with Crippen molar-refractivity contribution in [2.75, 3.05) is 18.1 Å². The van der Waals surface area contributed by atoms with Crippen molar-refractivity contribution in [2.45, 2.75) is 50.3 Å². The van der Waals surface area contributed by atoms with Crippen molar-refractivity contribution in [2.24, 2.45) is 0 Å². The van der Waals surface area contributed by atoms with E-state index in [4.69, 9.17) is 4.74 Å². The fraction of sp³-hybridized carbons (Fsp3) is 0.733. The fourth-order valence-electron chi connectivity index (χ4n) is 3.24. The lowest BCUT2D eigenvalue weighted by molar-refractivity contribution is -0.0940. The molecule has 0 amide bonds. The van der Waals surface area contributed by atoms with E-state index in [-0.39, 0.29) is 5.60 Å². The van der Waals surface area contributed by atoms with Crippen LogP contribution >= 0.6 is 23.1 Å². The second kappa shape index (κ2) is 6.17. The highest BCUT2D eigenvalue weighted by Crippen LogP contribution is 2.38. The number of hydrogen-bond acceptors (Lipinski definition) is 4. The number of rotatable bonds is 3. The van der Waals surface area contributed by atoms with Crippen molar-refractivity contribution < 1.29 is 4.74 Å². The Morgan fingerprint density at radius 3 is 3.00 bits per heavy atom. The van der Waals surface area contributed by atoms with Gasteiger partial charge in [0, 0.05) is 23.6 Å². The Hall–Kier alpha value is -0.0300. The Morgan fingerprint density at radius 2 is 2.26 bits per heavy atom. The predicted molar refractivity (Wildman–Crippen MR) is 84.1 cm³/mol. The topological polar surface area (TPSA) is 21.3 Å². The van der Waals surface area contributed by atoms with Crippen LogP contribution in [-0.4, -0.2) is 29.8 Å². The zero-order chi connectivity index (χ0) is 13.1. The molecule has 3 rings (SSSR count). The third-order valence-corrected chi connectivity index (χ3v) is 6.39. The summed E-state index contributed by atoms with van der Waals surface area (Å²) in [6.07, 6.45) is 4.83. The summed E-state index contributed by atoms with van der Waals surface area (Å²) in [6, 6.07) is 5.46. The van der Waals surface area contributed by atoms with Crippen molar-refractivity contribution in [1.29, 1.82) is 0 Å². The molecule has 2 aliphatic heterocycles. The minimum atomic E-state index is 0.191. The van der Waals surface area contributed by atoms with Gasteiger partial charge < -0.3 is 10.1 Å². The maximum Gasteiger partial charge on any atom is 0.0713 e. The Kier molecular flexibility index (Phi) is 4.52. The molecule has 2 atom stereocenters. The first-order valence-corrected chi connectivity index (χ1v) is 9.32. The first kappa shape index (κ1) is 13.9. The van der Waals surface area contributed by atoms with Crippen LogP contribution in [0.2, 0.25) is 0 Å². The molecule has 4 heteroatoms. The van der Waals surface area contributed by atoms with Gasteiger partial charge in [-0.1, -0.05) is 6.07 Å². The number of nitrogens with one attached hydrogen (secondary N) is 1. The summed E-state index contributed by atoms with van der Waals surface area (Å²) < 4.78 is 6.16. The summed E-state index contributed by atoms with van der Waals surface area (Å²) in [5.74, 6) is 2.54. The highest BCUT2D eigenvalue weighted by Gasteiger charge is 2.38. The van der Waals surface area contributed by atoms with E-state index in [1.165, 1.54) is 35.6 Å². The van der Waals surface area contributed by atoms with Gasteiger partial charge in [0.15, 0.2) is 0 Å². The first-order valence-electron chi connectivity index (χ1n) is 7.29. The molecule has 0 aliphatic carbocycles.